The zero-order valence-electron chi connectivity index (χ0n) is 15.8. The molecule has 25 heavy (non-hydrogen) atoms. The highest BCUT2D eigenvalue weighted by Crippen LogP contribution is 2.45. The highest BCUT2D eigenvalue weighted by atomic mass is 16.6. The Bertz CT molecular complexity index is 743. The van der Waals surface area contributed by atoms with Gasteiger partial charge in [-0.15, -0.1) is 0 Å². The smallest absolute Gasteiger partial charge is 0.312 e. The maximum absolute atomic E-state index is 13.1. The normalized spacial score (nSPS) is 18.8. The summed E-state index contributed by atoms with van der Waals surface area (Å²) < 4.78 is 6.30. The minimum atomic E-state index is -0.439. The fourth-order valence-electron chi connectivity index (χ4n) is 4.14. The van der Waals surface area contributed by atoms with E-state index in [2.05, 4.69) is 63.2 Å². The van der Waals surface area contributed by atoms with Gasteiger partial charge in [-0.25, -0.2) is 0 Å². The second kappa shape index (κ2) is 7.19. The molecule has 1 atom stereocenters. The number of carbonyl (C=O) groups excluding carboxylic acids is 1. The van der Waals surface area contributed by atoms with Crippen molar-refractivity contribution in [1.29, 1.82) is 0 Å². The van der Waals surface area contributed by atoms with Crippen LogP contribution in [0.5, 0.6) is 0 Å². The van der Waals surface area contributed by atoms with Gasteiger partial charge in [0, 0.05) is 0 Å². The number of esters is 1. The molecule has 0 saturated heterocycles. The molecule has 0 radical (unpaired) electrons. The molecule has 1 aliphatic rings. The van der Waals surface area contributed by atoms with Crippen LogP contribution in [-0.4, -0.2) is 5.97 Å². The number of rotatable bonds is 6. The van der Waals surface area contributed by atoms with Gasteiger partial charge in [-0.1, -0.05) is 56.7 Å². The molecule has 0 N–H and O–H groups in total. The molecule has 2 heteroatoms. The monoisotopic (exact) mass is 338 g/mol. The summed E-state index contributed by atoms with van der Waals surface area (Å²) in [7, 11) is 0. The minimum absolute atomic E-state index is 0.0214. The Morgan fingerprint density at radius 2 is 1.76 bits per heavy atom. The maximum Gasteiger partial charge on any atom is 0.312 e. The predicted octanol–water partition coefficient (Wildman–Crippen LogP) is 6.37. The Morgan fingerprint density at radius 3 is 2.40 bits per heavy atom. The number of fused-ring (bicyclic) bond motifs is 1. The van der Waals surface area contributed by atoms with Crippen molar-refractivity contribution < 1.29 is 9.53 Å². The molecule has 0 spiro atoms. The standard InChI is InChI=1S/C23H30O2/c1-4-14-22(3,5-2)21(24)25-23(15-8-9-16-23)20-13-12-18-10-6-7-11-19(18)17-20/h6-7,10-13,17H,4-5,8-9,14-16H2,1-3H3. The van der Waals surface area contributed by atoms with Crippen LogP contribution in [0.4, 0.5) is 0 Å². The van der Waals surface area contributed by atoms with Crippen LogP contribution in [0.25, 0.3) is 10.8 Å². The molecule has 0 aliphatic heterocycles. The van der Waals surface area contributed by atoms with E-state index >= 15 is 0 Å². The van der Waals surface area contributed by atoms with Crippen molar-refractivity contribution in [1.82, 2.24) is 0 Å². The summed E-state index contributed by atoms with van der Waals surface area (Å²) in [5, 5.41) is 2.45. The van der Waals surface area contributed by atoms with Gasteiger partial charge in [0.05, 0.1) is 5.41 Å². The minimum Gasteiger partial charge on any atom is -0.454 e. The van der Waals surface area contributed by atoms with E-state index in [1.165, 1.54) is 10.8 Å². The Labute approximate surface area is 151 Å². The number of hydrogen-bond acceptors (Lipinski definition) is 2. The van der Waals surface area contributed by atoms with E-state index in [0.29, 0.717) is 0 Å². The molecule has 2 nitrogen and oxygen atoms in total. The Morgan fingerprint density at radius 1 is 1.08 bits per heavy atom. The van der Waals surface area contributed by atoms with Crippen LogP contribution in [0.3, 0.4) is 0 Å². The first kappa shape index (κ1) is 18.0. The molecule has 134 valence electrons. The van der Waals surface area contributed by atoms with E-state index in [9.17, 15) is 4.79 Å². The molecule has 3 rings (SSSR count). The lowest BCUT2D eigenvalue weighted by molar-refractivity contribution is -0.173. The lowest BCUT2D eigenvalue weighted by Gasteiger charge is -2.35. The average molecular weight is 338 g/mol. The number of benzene rings is 2. The van der Waals surface area contributed by atoms with E-state index < -0.39 is 5.60 Å². The molecule has 2 aromatic rings. The molecular weight excluding hydrogens is 308 g/mol. The molecular formula is C23H30O2. The average Bonchev–Trinajstić information content (AvgIpc) is 3.11. The van der Waals surface area contributed by atoms with Crippen LogP contribution < -0.4 is 0 Å². The summed E-state index contributed by atoms with van der Waals surface area (Å²) in [6, 6.07) is 14.9. The number of ether oxygens (including phenoxy) is 1. The van der Waals surface area contributed by atoms with E-state index in [1.807, 2.05) is 0 Å². The van der Waals surface area contributed by atoms with Crippen molar-refractivity contribution in [3.63, 3.8) is 0 Å². The van der Waals surface area contributed by atoms with Crippen LogP contribution in [0, 0.1) is 5.41 Å². The van der Waals surface area contributed by atoms with Crippen LogP contribution in [0.2, 0.25) is 0 Å². The van der Waals surface area contributed by atoms with Crippen molar-refractivity contribution in [3.05, 3.63) is 48.0 Å². The number of hydrogen-bond donors (Lipinski definition) is 0. The molecule has 0 heterocycles. The summed E-state index contributed by atoms with van der Waals surface area (Å²) in [5.41, 5.74) is 0.346. The summed E-state index contributed by atoms with van der Waals surface area (Å²) >= 11 is 0. The zero-order chi connectivity index (χ0) is 17.9. The van der Waals surface area contributed by atoms with Crippen molar-refractivity contribution in [3.8, 4) is 0 Å². The Kier molecular flexibility index (Phi) is 5.17. The summed E-state index contributed by atoms with van der Waals surface area (Å²) in [6.45, 7) is 6.28. The fourth-order valence-corrected chi connectivity index (χ4v) is 4.14. The third-order valence-electron chi connectivity index (χ3n) is 6.05. The molecule has 0 aromatic heterocycles. The van der Waals surface area contributed by atoms with Gasteiger partial charge in [0.2, 0.25) is 0 Å². The second-order valence-electron chi connectivity index (χ2n) is 7.82. The zero-order valence-corrected chi connectivity index (χ0v) is 15.8. The highest BCUT2D eigenvalue weighted by Gasteiger charge is 2.43. The SMILES string of the molecule is CCCC(C)(CC)C(=O)OC1(c2ccc3ccccc3c2)CCCC1. The molecule has 1 saturated carbocycles. The van der Waals surface area contributed by atoms with E-state index in [0.717, 1.165) is 50.5 Å². The van der Waals surface area contributed by atoms with Gasteiger partial charge < -0.3 is 4.74 Å². The highest BCUT2D eigenvalue weighted by molar-refractivity contribution is 5.83. The van der Waals surface area contributed by atoms with Gasteiger partial charge in [-0.3, -0.25) is 4.79 Å². The van der Waals surface area contributed by atoms with Crippen molar-refractivity contribution in [2.45, 2.75) is 71.3 Å². The van der Waals surface area contributed by atoms with E-state index in [-0.39, 0.29) is 11.4 Å². The summed E-state index contributed by atoms with van der Waals surface area (Å²) in [6.07, 6.45) is 6.82. The third kappa shape index (κ3) is 3.44. The lowest BCUT2D eigenvalue weighted by atomic mass is 9.82. The molecule has 1 aliphatic carbocycles. The molecule has 0 bridgehead atoms. The predicted molar refractivity (Wildman–Crippen MR) is 103 cm³/mol. The topological polar surface area (TPSA) is 26.3 Å². The third-order valence-corrected chi connectivity index (χ3v) is 6.05. The molecule has 0 amide bonds. The molecule has 2 aromatic carbocycles. The van der Waals surface area contributed by atoms with Gasteiger partial charge in [-0.2, -0.15) is 0 Å². The van der Waals surface area contributed by atoms with Crippen LogP contribution >= 0.6 is 0 Å². The van der Waals surface area contributed by atoms with Crippen LogP contribution in [0.1, 0.15) is 71.3 Å². The second-order valence-corrected chi connectivity index (χ2v) is 7.82. The largest absolute Gasteiger partial charge is 0.454 e. The van der Waals surface area contributed by atoms with Crippen molar-refractivity contribution in [2.75, 3.05) is 0 Å². The molecule has 1 unspecified atom stereocenters. The van der Waals surface area contributed by atoms with Crippen molar-refractivity contribution >= 4 is 16.7 Å². The Hall–Kier alpha value is -1.83. The first-order chi connectivity index (χ1) is 12.0. The first-order valence-electron chi connectivity index (χ1n) is 9.76. The fraction of sp³-hybridized carbons (Fsp3) is 0.522. The van der Waals surface area contributed by atoms with E-state index in [4.69, 9.17) is 4.74 Å². The van der Waals surface area contributed by atoms with Gasteiger partial charge in [0.15, 0.2) is 0 Å². The van der Waals surface area contributed by atoms with Crippen LogP contribution in [-0.2, 0) is 15.1 Å². The van der Waals surface area contributed by atoms with Crippen molar-refractivity contribution in [2.24, 2.45) is 5.41 Å². The lowest BCUT2D eigenvalue weighted by Crippen LogP contribution is -2.37. The first-order valence-corrected chi connectivity index (χ1v) is 9.76. The van der Waals surface area contributed by atoms with Gasteiger partial charge in [0.1, 0.15) is 5.60 Å². The van der Waals surface area contributed by atoms with Gasteiger partial charge in [0.25, 0.3) is 0 Å². The van der Waals surface area contributed by atoms with Gasteiger partial charge in [-0.05, 0) is 67.9 Å². The van der Waals surface area contributed by atoms with Crippen LogP contribution in [0.15, 0.2) is 42.5 Å². The number of carbonyl (C=O) groups is 1. The summed E-state index contributed by atoms with van der Waals surface area (Å²) in [5.74, 6) is -0.0214. The quantitative estimate of drug-likeness (QED) is 0.572. The van der Waals surface area contributed by atoms with E-state index in [1.54, 1.807) is 0 Å². The Balaban J connectivity index is 1.94. The molecule has 1 fully saturated rings. The van der Waals surface area contributed by atoms with Gasteiger partial charge >= 0.3 is 5.97 Å². The summed E-state index contributed by atoms with van der Waals surface area (Å²) in [4.78, 5) is 13.1. The maximum atomic E-state index is 13.1.